The summed E-state index contributed by atoms with van der Waals surface area (Å²) >= 11 is 5.72. The molecule has 0 saturated heterocycles. The van der Waals surface area contributed by atoms with Crippen LogP contribution in [0.5, 0.6) is 5.75 Å². The van der Waals surface area contributed by atoms with Gasteiger partial charge in [0.1, 0.15) is 5.75 Å². The van der Waals surface area contributed by atoms with Crippen LogP contribution in [0.3, 0.4) is 0 Å². The lowest BCUT2D eigenvalue weighted by molar-refractivity contribution is 0.102. The number of hydrogen-bond donors (Lipinski definition) is 2. The number of amides is 1. The van der Waals surface area contributed by atoms with Crippen LogP contribution < -0.4 is 5.32 Å². The highest BCUT2D eigenvalue weighted by Crippen LogP contribution is 2.25. The Labute approximate surface area is 123 Å². The molecule has 0 atom stereocenters. The fraction of sp³-hybridized carbons (Fsp3) is 0.188. The van der Waals surface area contributed by atoms with Gasteiger partial charge in [0.15, 0.2) is 0 Å². The van der Waals surface area contributed by atoms with Crippen molar-refractivity contribution in [2.45, 2.75) is 19.7 Å². The van der Waals surface area contributed by atoms with Crippen LogP contribution in [-0.4, -0.2) is 11.0 Å². The summed E-state index contributed by atoms with van der Waals surface area (Å²) in [6.45, 7) is 3.63. The van der Waals surface area contributed by atoms with Gasteiger partial charge in [0.05, 0.1) is 0 Å². The van der Waals surface area contributed by atoms with Gasteiger partial charge in [0.25, 0.3) is 5.91 Å². The van der Waals surface area contributed by atoms with Crippen molar-refractivity contribution in [2.24, 2.45) is 0 Å². The summed E-state index contributed by atoms with van der Waals surface area (Å²) in [6, 6.07) is 10.6. The van der Waals surface area contributed by atoms with E-state index in [1.807, 2.05) is 19.1 Å². The van der Waals surface area contributed by atoms with Crippen molar-refractivity contribution in [3.63, 3.8) is 0 Å². The third-order valence-electron chi connectivity index (χ3n) is 3.16. The van der Waals surface area contributed by atoms with Gasteiger partial charge in [-0.25, -0.2) is 0 Å². The zero-order valence-electron chi connectivity index (χ0n) is 11.4. The number of rotatable bonds is 3. The Morgan fingerprint density at radius 1 is 1.15 bits per heavy atom. The van der Waals surface area contributed by atoms with Crippen molar-refractivity contribution in [1.29, 1.82) is 0 Å². The van der Waals surface area contributed by atoms with E-state index in [1.165, 1.54) is 0 Å². The molecule has 0 heterocycles. The van der Waals surface area contributed by atoms with Crippen molar-refractivity contribution >= 4 is 23.2 Å². The van der Waals surface area contributed by atoms with Gasteiger partial charge < -0.3 is 10.4 Å². The summed E-state index contributed by atoms with van der Waals surface area (Å²) in [6.07, 6.45) is 0. The molecule has 0 aliphatic heterocycles. The van der Waals surface area contributed by atoms with Crippen LogP contribution in [0.25, 0.3) is 0 Å². The lowest BCUT2D eigenvalue weighted by Gasteiger charge is -2.11. The Morgan fingerprint density at radius 3 is 2.40 bits per heavy atom. The summed E-state index contributed by atoms with van der Waals surface area (Å²) in [4.78, 5) is 12.2. The SMILES string of the molecule is Cc1cc(NC(=O)c2ccc(CCl)cc2)c(C)cc1O. The highest BCUT2D eigenvalue weighted by atomic mass is 35.5. The molecule has 0 aliphatic rings. The topological polar surface area (TPSA) is 49.3 Å². The maximum absolute atomic E-state index is 12.2. The number of carbonyl (C=O) groups is 1. The number of benzene rings is 2. The van der Waals surface area contributed by atoms with E-state index in [9.17, 15) is 9.90 Å². The van der Waals surface area contributed by atoms with Crippen molar-refractivity contribution < 1.29 is 9.90 Å². The predicted octanol–water partition coefficient (Wildman–Crippen LogP) is 4.00. The summed E-state index contributed by atoms with van der Waals surface area (Å²) in [5.41, 5.74) is 3.79. The van der Waals surface area contributed by atoms with Gasteiger partial charge in [-0.2, -0.15) is 0 Å². The zero-order valence-corrected chi connectivity index (χ0v) is 12.2. The maximum atomic E-state index is 12.2. The first-order valence-electron chi connectivity index (χ1n) is 6.27. The van der Waals surface area contributed by atoms with E-state index in [1.54, 1.807) is 31.2 Å². The molecular weight excluding hydrogens is 274 g/mol. The normalized spacial score (nSPS) is 10.3. The third kappa shape index (κ3) is 3.11. The van der Waals surface area contributed by atoms with E-state index in [2.05, 4.69) is 5.32 Å². The fourth-order valence-corrected chi connectivity index (χ4v) is 2.05. The molecule has 2 aromatic rings. The summed E-state index contributed by atoms with van der Waals surface area (Å²) in [7, 11) is 0. The lowest BCUT2D eigenvalue weighted by atomic mass is 10.1. The van der Waals surface area contributed by atoms with E-state index in [-0.39, 0.29) is 11.7 Å². The van der Waals surface area contributed by atoms with Crippen LogP contribution in [0, 0.1) is 13.8 Å². The average Bonchev–Trinajstić information content (AvgIpc) is 2.44. The van der Waals surface area contributed by atoms with Crippen molar-refractivity contribution in [1.82, 2.24) is 0 Å². The molecule has 2 rings (SSSR count). The maximum Gasteiger partial charge on any atom is 0.255 e. The first kappa shape index (κ1) is 14.4. The Bertz CT molecular complexity index is 636. The first-order chi connectivity index (χ1) is 9.51. The second-order valence-corrected chi connectivity index (χ2v) is 5.01. The Balaban J connectivity index is 2.20. The molecular formula is C16H16ClNO2. The number of phenols is 1. The molecule has 0 aromatic heterocycles. The quantitative estimate of drug-likeness (QED) is 0.663. The molecule has 0 radical (unpaired) electrons. The number of aromatic hydroxyl groups is 1. The molecule has 0 saturated carbocycles. The second kappa shape index (κ2) is 5.97. The van der Waals surface area contributed by atoms with Crippen molar-refractivity contribution in [3.05, 3.63) is 58.7 Å². The highest BCUT2D eigenvalue weighted by molar-refractivity contribution is 6.17. The van der Waals surface area contributed by atoms with Crippen LogP contribution in [0.4, 0.5) is 5.69 Å². The smallest absolute Gasteiger partial charge is 0.255 e. The number of phenolic OH excluding ortho intramolecular Hbond substituents is 1. The molecule has 4 heteroatoms. The van der Waals surface area contributed by atoms with Gasteiger partial charge in [0.2, 0.25) is 0 Å². The summed E-state index contributed by atoms with van der Waals surface area (Å²) in [5.74, 6) is 0.476. The number of anilines is 1. The molecule has 3 nitrogen and oxygen atoms in total. The Morgan fingerprint density at radius 2 is 1.80 bits per heavy atom. The largest absolute Gasteiger partial charge is 0.508 e. The molecule has 20 heavy (non-hydrogen) atoms. The third-order valence-corrected chi connectivity index (χ3v) is 3.47. The standard InChI is InChI=1S/C16H16ClNO2/c1-10-8-15(19)11(2)7-14(10)18-16(20)13-5-3-12(9-17)4-6-13/h3-8,19H,9H2,1-2H3,(H,18,20). The van der Waals surface area contributed by atoms with Gasteiger partial charge in [0, 0.05) is 17.1 Å². The average molecular weight is 290 g/mol. The van der Waals surface area contributed by atoms with Crippen molar-refractivity contribution in [2.75, 3.05) is 5.32 Å². The number of hydrogen-bond acceptors (Lipinski definition) is 2. The molecule has 0 unspecified atom stereocenters. The Kier molecular flexibility index (Phi) is 4.30. The second-order valence-electron chi connectivity index (χ2n) is 4.74. The first-order valence-corrected chi connectivity index (χ1v) is 6.81. The van der Waals surface area contributed by atoms with Crippen molar-refractivity contribution in [3.8, 4) is 5.75 Å². The molecule has 0 aliphatic carbocycles. The summed E-state index contributed by atoms with van der Waals surface area (Å²) < 4.78 is 0. The number of halogens is 1. The van der Waals surface area contributed by atoms with Crippen LogP contribution in [0.15, 0.2) is 36.4 Å². The lowest BCUT2D eigenvalue weighted by Crippen LogP contribution is -2.12. The molecule has 0 bridgehead atoms. The van der Waals surface area contributed by atoms with Crippen LogP contribution in [-0.2, 0) is 5.88 Å². The Hall–Kier alpha value is -2.00. The van der Waals surface area contributed by atoms with E-state index in [0.717, 1.165) is 16.7 Å². The number of carbonyl (C=O) groups excluding carboxylic acids is 1. The molecule has 104 valence electrons. The van der Waals surface area contributed by atoms with Gasteiger partial charge in [-0.3, -0.25) is 4.79 Å². The number of aryl methyl sites for hydroxylation is 2. The fourth-order valence-electron chi connectivity index (χ4n) is 1.88. The van der Waals surface area contributed by atoms with Crippen LogP contribution in [0.1, 0.15) is 27.0 Å². The minimum Gasteiger partial charge on any atom is -0.508 e. The molecule has 0 spiro atoms. The van der Waals surface area contributed by atoms with E-state index >= 15 is 0 Å². The van der Waals surface area contributed by atoms with Gasteiger partial charge in [-0.15, -0.1) is 11.6 Å². The molecule has 2 N–H and O–H groups in total. The van der Waals surface area contributed by atoms with E-state index in [0.29, 0.717) is 17.1 Å². The predicted molar refractivity (Wildman–Crippen MR) is 81.5 cm³/mol. The van der Waals surface area contributed by atoms with Crippen LogP contribution >= 0.6 is 11.6 Å². The van der Waals surface area contributed by atoms with Gasteiger partial charge in [-0.1, -0.05) is 12.1 Å². The highest BCUT2D eigenvalue weighted by Gasteiger charge is 2.09. The molecule has 1 amide bonds. The minimum absolute atomic E-state index is 0.181. The van der Waals surface area contributed by atoms with E-state index < -0.39 is 0 Å². The number of nitrogens with one attached hydrogen (secondary N) is 1. The molecule has 0 fully saturated rings. The number of alkyl halides is 1. The zero-order chi connectivity index (χ0) is 14.7. The van der Waals surface area contributed by atoms with Gasteiger partial charge >= 0.3 is 0 Å². The van der Waals surface area contributed by atoms with Crippen LogP contribution in [0.2, 0.25) is 0 Å². The summed E-state index contributed by atoms with van der Waals surface area (Å²) in [5, 5.41) is 12.5. The monoisotopic (exact) mass is 289 g/mol. The van der Waals surface area contributed by atoms with Gasteiger partial charge in [-0.05, 0) is 54.8 Å². The minimum atomic E-state index is -0.181. The van der Waals surface area contributed by atoms with E-state index in [4.69, 9.17) is 11.6 Å². The molecule has 2 aromatic carbocycles.